The summed E-state index contributed by atoms with van der Waals surface area (Å²) in [7, 11) is 0. The van der Waals surface area contributed by atoms with Gasteiger partial charge in [-0.3, -0.25) is 4.79 Å². The van der Waals surface area contributed by atoms with E-state index in [9.17, 15) is 9.18 Å². The van der Waals surface area contributed by atoms with Crippen LogP contribution in [0, 0.1) is 11.2 Å². The van der Waals surface area contributed by atoms with E-state index >= 15 is 0 Å². The standard InChI is InChI=1S/C14H16FNO2/c1-14(9-18-10-14)8-16-13(17)6-5-11-3-2-4-12(15)7-11/h2-7H,8-10H2,1H3,(H,16,17). The van der Waals surface area contributed by atoms with Crippen LogP contribution in [0.25, 0.3) is 6.08 Å². The second-order valence-electron chi connectivity index (χ2n) is 4.91. The molecule has 4 heteroatoms. The summed E-state index contributed by atoms with van der Waals surface area (Å²) >= 11 is 0. The summed E-state index contributed by atoms with van der Waals surface area (Å²) in [5.41, 5.74) is 0.728. The van der Waals surface area contributed by atoms with E-state index < -0.39 is 0 Å². The number of rotatable bonds is 4. The predicted molar refractivity (Wildman–Crippen MR) is 67.4 cm³/mol. The van der Waals surface area contributed by atoms with Crippen LogP contribution in [0.1, 0.15) is 12.5 Å². The van der Waals surface area contributed by atoms with Crippen molar-refractivity contribution in [1.29, 1.82) is 0 Å². The Morgan fingerprint density at radius 3 is 2.94 bits per heavy atom. The first-order valence-electron chi connectivity index (χ1n) is 5.87. The molecule has 1 aliphatic rings. The molecule has 1 aromatic rings. The molecule has 0 saturated carbocycles. The van der Waals surface area contributed by atoms with Gasteiger partial charge in [-0.15, -0.1) is 0 Å². The van der Waals surface area contributed by atoms with Gasteiger partial charge in [0.05, 0.1) is 13.2 Å². The number of amides is 1. The van der Waals surface area contributed by atoms with Gasteiger partial charge in [0.2, 0.25) is 5.91 Å². The van der Waals surface area contributed by atoms with E-state index in [1.807, 2.05) is 0 Å². The SMILES string of the molecule is CC1(CNC(=O)C=Cc2cccc(F)c2)COC1. The number of hydrogen-bond acceptors (Lipinski definition) is 2. The van der Waals surface area contributed by atoms with Crippen LogP contribution < -0.4 is 5.32 Å². The molecule has 1 aliphatic heterocycles. The topological polar surface area (TPSA) is 38.3 Å². The Labute approximate surface area is 106 Å². The van der Waals surface area contributed by atoms with E-state index in [1.54, 1.807) is 18.2 Å². The normalized spacial score (nSPS) is 17.4. The second kappa shape index (κ2) is 5.31. The van der Waals surface area contributed by atoms with Crippen molar-refractivity contribution in [2.24, 2.45) is 5.41 Å². The lowest BCUT2D eigenvalue weighted by Crippen LogP contribution is -2.48. The van der Waals surface area contributed by atoms with Gasteiger partial charge >= 0.3 is 0 Å². The minimum Gasteiger partial charge on any atom is -0.380 e. The van der Waals surface area contributed by atoms with E-state index in [-0.39, 0.29) is 17.1 Å². The molecule has 0 unspecified atom stereocenters. The number of nitrogens with one attached hydrogen (secondary N) is 1. The van der Waals surface area contributed by atoms with Crippen molar-refractivity contribution in [2.45, 2.75) is 6.92 Å². The molecular formula is C14H16FNO2. The third-order valence-corrected chi connectivity index (χ3v) is 2.87. The fraction of sp³-hybridized carbons (Fsp3) is 0.357. The van der Waals surface area contributed by atoms with Crippen LogP contribution >= 0.6 is 0 Å². The maximum atomic E-state index is 12.9. The number of carbonyl (C=O) groups excluding carboxylic acids is 1. The summed E-state index contributed by atoms with van der Waals surface area (Å²) in [6, 6.07) is 6.10. The van der Waals surface area contributed by atoms with Gasteiger partial charge < -0.3 is 10.1 Å². The Balaban J connectivity index is 1.83. The number of carbonyl (C=O) groups is 1. The quantitative estimate of drug-likeness (QED) is 0.829. The lowest BCUT2D eigenvalue weighted by Gasteiger charge is -2.37. The zero-order valence-corrected chi connectivity index (χ0v) is 10.3. The van der Waals surface area contributed by atoms with Crippen molar-refractivity contribution in [3.63, 3.8) is 0 Å². The summed E-state index contributed by atoms with van der Waals surface area (Å²) in [4.78, 5) is 11.6. The molecule has 0 spiro atoms. The van der Waals surface area contributed by atoms with E-state index in [0.29, 0.717) is 25.3 Å². The summed E-state index contributed by atoms with van der Waals surface area (Å²) < 4.78 is 18.0. The minimum absolute atomic E-state index is 0.0579. The molecule has 96 valence electrons. The van der Waals surface area contributed by atoms with E-state index in [1.165, 1.54) is 18.2 Å². The third-order valence-electron chi connectivity index (χ3n) is 2.87. The molecule has 18 heavy (non-hydrogen) atoms. The Hall–Kier alpha value is -1.68. The summed E-state index contributed by atoms with van der Waals surface area (Å²) in [5.74, 6) is -0.482. The molecule has 1 aromatic carbocycles. The molecule has 1 N–H and O–H groups in total. The maximum Gasteiger partial charge on any atom is 0.244 e. The second-order valence-corrected chi connectivity index (χ2v) is 4.91. The zero-order valence-electron chi connectivity index (χ0n) is 10.3. The average Bonchev–Trinajstić information content (AvgIpc) is 2.31. The molecule has 0 atom stereocenters. The Bertz CT molecular complexity index is 467. The predicted octanol–water partition coefficient (Wildman–Crippen LogP) is 1.99. The van der Waals surface area contributed by atoms with Crippen molar-refractivity contribution in [3.05, 3.63) is 41.7 Å². The van der Waals surface area contributed by atoms with Gasteiger partial charge in [0.15, 0.2) is 0 Å². The highest BCUT2D eigenvalue weighted by atomic mass is 19.1. The van der Waals surface area contributed by atoms with Gasteiger partial charge in [-0.05, 0) is 23.8 Å². The van der Waals surface area contributed by atoms with Gasteiger partial charge in [-0.25, -0.2) is 4.39 Å². The largest absolute Gasteiger partial charge is 0.380 e. The molecule has 1 amide bonds. The highest BCUT2D eigenvalue weighted by molar-refractivity contribution is 5.91. The zero-order chi connectivity index (χ0) is 13.0. The first kappa shape index (κ1) is 12.8. The van der Waals surface area contributed by atoms with E-state index in [4.69, 9.17) is 4.74 Å². The van der Waals surface area contributed by atoms with Crippen molar-refractivity contribution in [1.82, 2.24) is 5.32 Å². The molecule has 1 heterocycles. The Morgan fingerprint density at radius 1 is 1.56 bits per heavy atom. The van der Waals surface area contributed by atoms with Crippen LogP contribution in [0.5, 0.6) is 0 Å². The fourth-order valence-corrected chi connectivity index (χ4v) is 1.69. The molecule has 0 radical (unpaired) electrons. The number of benzene rings is 1. The smallest absolute Gasteiger partial charge is 0.244 e. The summed E-state index contributed by atoms with van der Waals surface area (Å²) in [6.45, 7) is 4.02. The molecule has 3 nitrogen and oxygen atoms in total. The van der Waals surface area contributed by atoms with Gasteiger partial charge in [-0.2, -0.15) is 0 Å². The Kier molecular flexibility index (Phi) is 3.77. The molecule has 0 aromatic heterocycles. The van der Waals surface area contributed by atoms with Gasteiger partial charge in [0.1, 0.15) is 5.82 Å². The molecular weight excluding hydrogens is 233 g/mol. The number of ether oxygens (including phenoxy) is 1. The van der Waals surface area contributed by atoms with Crippen LogP contribution in [0.15, 0.2) is 30.3 Å². The summed E-state index contributed by atoms with van der Waals surface area (Å²) in [6.07, 6.45) is 3.01. The number of hydrogen-bond donors (Lipinski definition) is 1. The lowest BCUT2D eigenvalue weighted by molar-refractivity contribution is -0.122. The highest BCUT2D eigenvalue weighted by Crippen LogP contribution is 2.24. The molecule has 0 aliphatic carbocycles. The van der Waals surface area contributed by atoms with Crippen molar-refractivity contribution in [2.75, 3.05) is 19.8 Å². The maximum absolute atomic E-state index is 12.9. The van der Waals surface area contributed by atoms with Crippen LogP contribution in [-0.2, 0) is 9.53 Å². The first-order valence-corrected chi connectivity index (χ1v) is 5.87. The molecule has 2 rings (SSSR count). The van der Waals surface area contributed by atoms with Crippen molar-refractivity contribution in [3.8, 4) is 0 Å². The minimum atomic E-state index is -0.309. The average molecular weight is 249 g/mol. The van der Waals surface area contributed by atoms with Crippen LogP contribution in [0.3, 0.4) is 0 Å². The van der Waals surface area contributed by atoms with Gasteiger partial charge in [0, 0.05) is 18.0 Å². The van der Waals surface area contributed by atoms with E-state index in [0.717, 1.165) is 0 Å². The lowest BCUT2D eigenvalue weighted by atomic mass is 9.89. The fourth-order valence-electron chi connectivity index (χ4n) is 1.69. The first-order chi connectivity index (χ1) is 8.57. The molecule has 1 fully saturated rings. The van der Waals surface area contributed by atoms with Crippen molar-refractivity contribution >= 4 is 12.0 Å². The third kappa shape index (κ3) is 3.40. The number of halogens is 1. The van der Waals surface area contributed by atoms with Crippen LogP contribution in [0.4, 0.5) is 4.39 Å². The van der Waals surface area contributed by atoms with Gasteiger partial charge in [0.25, 0.3) is 0 Å². The highest BCUT2D eigenvalue weighted by Gasteiger charge is 2.33. The van der Waals surface area contributed by atoms with E-state index in [2.05, 4.69) is 12.2 Å². The monoisotopic (exact) mass is 249 g/mol. The Morgan fingerprint density at radius 2 is 2.33 bits per heavy atom. The van der Waals surface area contributed by atoms with Crippen molar-refractivity contribution < 1.29 is 13.9 Å². The van der Waals surface area contributed by atoms with Crippen LogP contribution in [-0.4, -0.2) is 25.7 Å². The molecule has 0 bridgehead atoms. The molecule has 1 saturated heterocycles. The summed E-state index contributed by atoms with van der Waals surface area (Å²) in [5, 5.41) is 2.81. The van der Waals surface area contributed by atoms with Gasteiger partial charge in [-0.1, -0.05) is 19.1 Å². The van der Waals surface area contributed by atoms with Crippen LogP contribution in [0.2, 0.25) is 0 Å².